The second-order valence-electron chi connectivity index (χ2n) is 4.93. The first kappa shape index (κ1) is 13.1. The summed E-state index contributed by atoms with van der Waals surface area (Å²) in [7, 11) is 0. The third-order valence-corrected chi connectivity index (χ3v) is 4.61. The van der Waals surface area contributed by atoms with E-state index in [1.807, 2.05) is 24.4 Å². The van der Waals surface area contributed by atoms with Crippen LogP contribution >= 0.6 is 11.3 Å². The first-order chi connectivity index (χ1) is 8.52. The van der Waals surface area contributed by atoms with Crippen LogP contribution in [0.25, 0.3) is 0 Å². The summed E-state index contributed by atoms with van der Waals surface area (Å²) in [5.74, 6) is -1.13. The Labute approximate surface area is 110 Å². The summed E-state index contributed by atoms with van der Waals surface area (Å²) < 4.78 is 0. The summed E-state index contributed by atoms with van der Waals surface area (Å²) in [6.45, 7) is 1.86. The standard InChI is InChI=1S/C13H17NO3S/c1-9(10-4-2-7-18-10)12(17)14-13(5-3-6-13)8-11(15)16/h2,4,7,9H,3,5-6,8H2,1H3,(H,14,17)(H,15,16). The summed E-state index contributed by atoms with van der Waals surface area (Å²) in [5, 5.41) is 13.8. The van der Waals surface area contributed by atoms with Gasteiger partial charge in [0.1, 0.15) is 0 Å². The van der Waals surface area contributed by atoms with Crippen molar-refractivity contribution in [1.82, 2.24) is 5.32 Å². The number of hydrogen-bond donors (Lipinski definition) is 2. The number of rotatable bonds is 5. The monoisotopic (exact) mass is 267 g/mol. The van der Waals surface area contributed by atoms with Crippen molar-refractivity contribution in [1.29, 1.82) is 0 Å². The molecule has 4 nitrogen and oxygen atoms in total. The molecule has 1 aromatic rings. The summed E-state index contributed by atoms with van der Waals surface area (Å²) >= 11 is 1.55. The molecule has 2 rings (SSSR count). The van der Waals surface area contributed by atoms with E-state index in [9.17, 15) is 9.59 Å². The molecule has 0 bridgehead atoms. The Balaban J connectivity index is 1.99. The van der Waals surface area contributed by atoms with E-state index in [0.717, 1.165) is 24.1 Å². The highest BCUT2D eigenvalue weighted by molar-refractivity contribution is 7.10. The molecular weight excluding hydrogens is 250 g/mol. The molecule has 18 heavy (non-hydrogen) atoms. The molecule has 1 atom stereocenters. The van der Waals surface area contributed by atoms with E-state index in [1.54, 1.807) is 11.3 Å². The maximum absolute atomic E-state index is 12.1. The van der Waals surface area contributed by atoms with Gasteiger partial charge >= 0.3 is 5.97 Å². The van der Waals surface area contributed by atoms with Crippen molar-refractivity contribution in [3.05, 3.63) is 22.4 Å². The van der Waals surface area contributed by atoms with Gasteiger partial charge in [0.2, 0.25) is 5.91 Å². The van der Waals surface area contributed by atoms with Gasteiger partial charge in [-0.2, -0.15) is 0 Å². The predicted molar refractivity (Wildman–Crippen MR) is 69.7 cm³/mol. The molecule has 98 valence electrons. The molecule has 0 saturated heterocycles. The Hall–Kier alpha value is -1.36. The number of thiophene rings is 1. The Morgan fingerprint density at radius 3 is 2.72 bits per heavy atom. The van der Waals surface area contributed by atoms with E-state index in [-0.39, 0.29) is 18.2 Å². The number of carboxylic acids is 1. The molecule has 1 aliphatic carbocycles. The predicted octanol–water partition coefficient (Wildman–Crippen LogP) is 2.37. The fourth-order valence-corrected chi connectivity index (χ4v) is 3.06. The van der Waals surface area contributed by atoms with Gasteiger partial charge in [-0.15, -0.1) is 11.3 Å². The average molecular weight is 267 g/mol. The zero-order valence-corrected chi connectivity index (χ0v) is 11.1. The van der Waals surface area contributed by atoms with Crippen LogP contribution in [0.1, 0.15) is 43.4 Å². The van der Waals surface area contributed by atoms with Crippen LogP contribution in [0.4, 0.5) is 0 Å². The highest BCUT2D eigenvalue weighted by Gasteiger charge is 2.41. The van der Waals surface area contributed by atoms with Gasteiger partial charge < -0.3 is 10.4 Å². The van der Waals surface area contributed by atoms with Crippen molar-refractivity contribution < 1.29 is 14.7 Å². The number of nitrogens with one attached hydrogen (secondary N) is 1. The second kappa shape index (κ2) is 5.10. The summed E-state index contributed by atoms with van der Waals surface area (Å²) in [5.41, 5.74) is -0.506. The zero-order valence-electron chi connectivity index (χ0n) is 10.3. The van der Waals surface area contributed by atoms with Crippen molar-refractivity contribution in [2.75, 3.05) is 0 Å². The van der Waals surface area contributed by atoms with Crippen molar-refractivity contribution in [3.63, 3.8) is 0 Å². The minimum absolute atomic E-state index is 0.0237. The second-order valence-corrected chi connectivity index (χ2v) is 5.91. The molecule has 0 aromatic carbocycles. The van der Waals surface area contributed by atoms with E-state index in [0.29, 0.717) is 0 Å². The normalized spacial score (nSPS) is 18.7. The lowest BCUT2D eigenvalue weighted by Crippen LogP contribution is -2.55. The maximum atomic E-state index is 12.1. The maximum Gasteiger partial charge on any atom is 0.305 e. The van der Waals surface area contributed by atoms with Crippen molar-refractivity contribution >= 4 is 23.2 Å². The number of carboxylic acid groups (broad SMARTS) is 1. The van der Waals surface area contributed by atoms with Gasteiger partial charge in [0.25, 0.3) is 0 Å². The van der Waals surface area contributed by atoms with Crippen LogP contribution in [0.15, 0.2) is 17.5 Å². The van der Waals surface area contributed by atoms with Crippen LogP contribution in [0.2, 0.25) is 0 Å². The number of hydrogen-bond acceptors (Lipinski definition) is 3. The minimum atomic E-state index is -0.848. The Kier molecular flexibility index (Phi) is 3.71. The van der Waals surface area contributed by atoms with Gasteiger partial charge in [-0.1, -0.05) is 6.07 Å². The Bertz CT molecular complexity index is 437. The lowest BCUT2D eigenvalue weighted by molar-refractivity contribution is -0.140. The summed E-state index contributed by atoms with van der Waals surface area (Å²) in [6, 6.07) is 3.85. The molecule has 1 unspecified atom stereocenters. The number of carbonyl (C=O) groups excluding carboxylic acids is 1. The van der Waals surface area contributed by atoms with Crippen LogP contribution in [0, 0.1) is 0 Å². The van der Waals surface area contributed by atoms with Crippen molar-refractivity contribution in [2.45, 2.75) is 44.1 Å². The van der Waals surface area contributed by atoms with Crippen LogP contribution in [-0.2, 0) is 9.59 Å². The number of carbonyl (C=O) groups is 2. The van der Waals surface area contributed by atoms with E-state index in [2.05, 4.69) is 5.32 Å². The first-order valence-electron chi connectivity index (χ1n) is 6.10. The molecule has 5 heteroatoms. The highest BCUT2D eigenvalue weighted by atomic mass is 32.1. The van der Waals surface area contributed by atoms with Gasteiger partial charge in [0.15, 0.2) is 0 Å². The summed E-state index contributed by atoms with van der Waals surface area (Å²) in [4.78, 5) is 24.0. The molecule has 1 aliphatic rings. The van der Waals surface area contributed by atoms with E-state index in [4.69, 9.17) is 5.11 Å². The molecule has 0 spiro atoms. The third kappa shape index (κ3) is 2.72. The average Bonchev–Trinajstić information content (AvgIpc) is 2.77. The largest absolute Gasteiger partial charge is 0.481 e. The molecule has 1 saturated carbocycles. The molecule has 1 heterocycles. The number of aliphatic carboxylic acids is 1. The van der Waals surface area contributed by atoms with Crippen LogP contribution in [0.3, 0.4) is 0 Å². The quantitative estimate of drug-likeness (QED) is 0.860. The molecule has 0 radical (unpaired) electrons. The van der Waals surface area contributed by atoms with Crippen LogP contribution < -0.4 is 5.32 Å². The lowest BCUT2D eigenvalue weighted by atomic mass is 9.74. The summed E-state index contributed by atoms with van der Waals surface area (Å²) in [6.07, 6.45) is 2.54. The van der Waals surface area contributed by atoms with Gasteiger partial charge in [-0.3, -0.25) is 9.59 Å². The number of amides is 1. The fourth-order valence-electron chi connectivity index (χ4n) is 2.28. The lowest BCUT2D eigenvalue weighted by Gasteiger charge is -2.42. The molecule has 2 N–H and O–H groups in total. The molecule has 1 fully saturated rings. The topological polar surface area (TPSA) is 66.4 Å². The Morgan fingerprint density at radius 2 is 2.28 bits per heavy atom. The van der Waals surface area contributed by atoms with Gasteiger partial charge in [-0.25, -0.2) is 0 Å². The van der Waals surface area contributed by atoms with E-state index < -0.39 is 11.5 Å². The van der Waals surface area contributed by atoms with Crippen LogP contribution in [-0.4, -0.2) is 22.5 Å². The van der Waals surface area contributed by atoms with E-state index >= 15 is 0 Å². The molecule has 1 amide bonds. The van der Waals surface area contributed by atoms with Crippen molar-refractivity contribution in [2.24, 2.45) is 0 Å². The Morgan fingerprint density at radius 1 is 1.56 bits per heavy atom. The van der Waals surface area contributed by atoms with Crippen molar-refractivity contribution in [3.8, 4) is 0 Å². The SMILES string of the molecule is CC(C(=O)NC1(CC(=O)O)CCC1)c1cccs1. The zero-order chi connectivity index (χ0) is 13.2. The smallest absolute Gasteiger partial charge is 0.305 e. The third-order valence-electron chi connectivity index (χ3n) is 3.55. The fraction of sp³-hybridized carbons (Fsp3) is 0.538. The highest BCUT2D eigenvalue weighted by Crippen LogP contribution is 2.35. The van der Waals surface area contributed by atoms with Gasteiger partial charge in [0.05, 0.1) is 17.9 Å². The molecular formula is C13H17NO3S. The minimum Gasteiger partial charge on any atom is -0.481 e. The van der Waals surface area contributed by atoms with Gasteiger partial charge in [-0.05, 0) is 37.6 Å². The molecule has 0 aliphatic heterocycles. The van der Waals surface area contributed by atoms with E-state index in [1.165, 1.54) is 0 Å². The first-order valence-corrected chi connectivity index (χ1v) is 6.98. The molecule has 1 aromatic heterocycles. The van der Waals surface area contributed by atoms with Gasteiger partial charge in [0, 0.05) is 4.88 Å². The van der Waals surface area contributed by atoms with Crippen LogP contribution in [0.5, 0.6) is 0 Å².